The summed E-state index contributed by atoms with van der Waals surface area (Å²) in [6.45, 7) is 8.12. The highest BCUT2D eigenvalue weighted by molar-refractivity contribution is 7.09. The lowest BCUT2D eigenvalue weighted by Gasteiger charge is -2.37. The highest BCUT2D eigenvalue weighted by Crippen LogP contribution is 2.29. The number of anilines is 1. The van der Waals surface area contributed by atoms with Crippen molar-refractivity contribution in [1.29, 1.82) is 0 Å². The van der Waals surface area contributed by atoms with E-state index in [2.05, 4.69) is 19.2 Å². The lowest BCUT2D eigenvalue weighted by atomic mass is 10.1. The van der Waals surface area contributed by atoms with Gasteiger partial charge in [-0.1, -0.05) is 12.1 Å². The van der Waals surface area contributed by atoms with Gasteiger partial charge in [0.15, 0.2) is 0 Å². The van der Waals surface area contributed by atoms with E-state index in [1.54, 1.807) is 12.1 Å². The first kappa shape index (κ1) is 18.3. The van der Waals surface area contributed by atoms with Crippen LogP contribution >= 0.6 is 11.5 Å². The van der Waals surface area contributed by atoms with E-state index in [1.807, 2.05) is 18.7 Å². The first-order chi connectivity index (χ1) is 13.0. The zero-order chi connectivity index (χ0) is 19.0. The Hall–Kier alpha value is -2.06. The van der Waals surface area contributed by atoms with Gasteiger partial charge in [0.25, 0.3) is 0 Å². The Morgan fingerprint density at radius 3 is 2.48 bits per heavy atom. The van der Waals surface area contributed by atoms with Crippen molar-refractivity contribution in [3.05, 3.63) is 41.5 Å². The molecule has 2 saturated heterocycles. The molecule has 144 valence electrons. The Kier molecular flexibility index (Phi) is 5.10. The van der Waals surface area contributed by atoms with Gasteiger partial charge in [-0.05, 0) is 38.0 Å². The Labute approximate surface area is 162 Å². The Morgan fingerprint density at radius 2 is 1.85 bits per heavy atom. The van der Waals surface area contributed by atoms with Crippen LogP contribution in [0.1, 0.15) is 30.8 Å². The Balaban J connectivity index is 1.37. The van der Waals surface area contributed by atoms with Crippen molar-refractivity contribution in [2.45, 2.75) is 32.4 Å². The van der Waals surface area contributed by atoms with Gasteiger partial charge >= 0.3 is 0 Å². The van der Waals surface area contributed by atoms with Crippen LogP contribution < -0.4 is 4.90 Å². The van der Waals surface area contributed by atoms with Gasteiger partial charge in [-0.15, -0.1) is 0 Å². The van der Waals surface area contributed by atoms with Crippen molar-refractivity contribution in [2.75, 3.05) is 37.6 Å². The largest absolute Gasteiger partial charge is 0.344 e. The van der Waals surface area contributed by atoms with Crippen LogP contribution in [0.25, 0.3) is 0 Å². The minimum absolute atomic E-state index is 0.0336. The van der Waals surface area contributed by atoms with Crippen molar-refractivity contribution in [2.24, 2.45) is 0 Å². The number of nitrogens with zero attached hydrogens (tertiary/aromatic N) is 5. The van der Waals surface area contributed by atoms with Gasteiger partial charge in [0.2, 0.25) is 11.0 Å². The molecule has 0 spiro atoms. The molecule has 1 aromatic carbocycles. The van der Waals surface area contributed by atoms with E-state index in [4.69, 9.17) is 0 Å². The van der Waals surface area contributed by atoms with Gasteiger partial charge in [0, 0.05) is 44.3 Å². The van der Waals surface area contributed by atoms with Crippen LogP contribution in [-0.4, -0.2) is 63.8 Å². The molecule has 0 aliphatic carbocycles. The maximum Gasteiger partial charge on any atom is 0.240 e. The third kappa shape index (κ3) is 3.68. The monoisotopic (exact) mass is 389 g/mol. The average Bonchev–Trinajstić information content (AvgIpc) is 3.28. The Bertz CT molecular complexity index is 803. The number of aryl methyl sites for hydroxylation is 1. The molecule has 0 N–H and O–H groups in total. The van der Waals surface area contributed by atoms with Crippen LogP contribution in [0.3, 0.4) is 0 Å². The number of aromatic nitrogens is 2. The van der Waals surface area contributed by atoms with Crippen LogP contribution in [0.15, 0.2) is 24.3 Å². The van der Waals surface area contributed by atoms with E-state index in [9.17, 15) is 9.18 Å². The minimum atomic E-state index is -0.250. The summed E-state index contributed by atoms with van der Waals surface area (Å²) in [5.41, 5.74) is 0.974. The quantitative estimate of drug-likeness (QED) is 0.804. The number of halogens is 1. The van der Waals surface area contributed by atoms with Crippen molar-refractivity contribution in [1.82, 2.24) is 19.2 Å². The van der Waals surface area contributed by atoms with Crippen molar-refractivity contribution in [3.8, 4) is 0 Å². The summed E-state index contributed by atoms with van der Waals surface area (Å²) in [4.78, 5) is 24.0. The lowest BCUT2D eigenvalue weighted by molar-refractivity contribution is -0.134. The first-order valence-electron chi connectivity index (χ1n) is 9.38. The molecule has 2 aliphatic rings. The molecule has 6 nitrogen and oxygen atoms in total. The minimum Gasteiger partial charge on any atom is -0.344 e. The van der Waals surface area contributed by atoms with Crippen LogP contribution in [-0.2, 0) is 4.79 Å². The maximum absolute atomic E-state index is 13.2. The number of benzene rings is 1. The number of hydrogen-bond acceptors (Lipinski definition) is 6. The third-order valence-corrected chi connectivity index (χ3v) is 6.44. The molecular formula is C19H24FN5OS. The summed E-state index contributed by atoms with van der Waals surface area (Å²) >= 11 is 1.44. The van der Waals surface area contributed by atoms with Gasteiger partial charge in [-0.2, -0.15) is 4.37 Å². The number of carbonyl (C=O) groups excluding carboxylic acids is 1. The molecule has 8 heteroatoms. The van der Waals surface area contributed by atoms with Crippen molar-refractivity contribution < 1.29 is 9.18 Å². The molecule has 4 rings (SSSR count). The third-order valence-electron chi connectivity index (χ3n) is 5.57. The van der Waals surface area contributed by atoms with Crippen LogP contribution in [0, 0.1) is 12.7 Å². The van der Waals surface area contributed by atoms with Gasteiger partial charge in [-0.25, -0.2) is 9.37 Å². The second-order valence-electron chi connectivity index (χ2n) is 7.21. The second kappa shape index (κ2) is 7.52. The average molecular weight is 390 g/mol. The molecule has 0 bridgehead atoms. The normalized spacial score (nSPS) is 22.5. The number of piperazine rings is 1. The molecule has 1 aromatic heterocycles. The standard InChI is InChI=1S/C19H24FN5OS/c1-13(15-3-5-16(20)6-4-15)25-8-7-17(18(25)26)23-9-11-24(12-10-23)19-21-14(2)22-27-19/h3-6,13,17H,7-12H2,1-2H3. The summed E-state index contributed by atoms with van der Waals surface area (Å²) in [6, 6.07) is 6.36. The molecule has 27 heavy (non-hydrogen) atoms. The van der Waals surface area contributed by atoms with Gasteiger partial charge in [0.1, 0.15) is 11.6 Å². The summed E-state index contributed by atoms with van der Waals surface area (Å²) in [7, 11) is 0. The van der Waals surface area contributed by atoms with Crippen LogP contribution in [0.2, 0.25) is 0 Å². The second-order valence-corrected chi connectivity index (χ2v) is 7.94. The van der Waals surface area contributed by atoms with Crippen LogP contribution in [0.5, 0.6) is 0 Å². The van der Waals surface area contributed by atoms with E-state index in [-0.39, 0.29) is 23.8 Å². The highest BCUT2D eigenvalue weighted by atomic mass is 32.1. The zero-order valence-corrected chi connectivity index (χ0v) is 16.5. The summed E-state index contributed by atoms with van der Waals surface area (Å²) in [6.07, 6.45) is 0.849. The van der Waals surface area contributed by atoms with Gasteiger partial charge in [-0.3, -0.25) is 9.69 Å². The number of carbonyl (C=O) groups is 1. The van der Waals surface area contributed by atoms with E-state index >= 15 is 0 Å². The topological polar surface area (TPSA) is 52.6 Å². The van der Waals surface area contributed by atoms with Crippen molar-refractivity contribution >= 4 is 22.6 Å². The molecule has 2 fully saturated rings. The van der Waals surface area contributed by atoms with Crippen molar-refractivity contribution in [3.63, 3.8) is 0 Å². The molecular weight excluding hydrogens is 365 g/mol. The summed E-state index contributed by atoms with van der Waals surface area (Å²) in [5.74, 6) is 0.751. The molecule has 2 unspecified atom stereocenters. The van der Waals surface area contributed by atoms with Gasteiger partial charge in [0.05, 0.1) is 12.1 Å². The fourth-order valence-corrected chi connectivity index (χ4v) is 4.70. The number of hydrogen-bond donors (Lipinski definition) is 0. The molecule has 1 amide bonds. The SMILES string of the molecule is Cc1nsc(N2CCN(C3CCN(C(C)c4ccc(F)cc4)C3=O)CC2)n1. The predicted octanol–water partition coefficient (Wildman–Crippen LogP) is 2.47. The summed E-state index contributed by atoms with van der Waals surface area (Å²) < 4.78 is 17.4. The first-order valence-corrected chi connectivity index (χ1v) is 10.2. The molecule has 0 saturated carbocycles. The smallest absolute Gasteiger partial charge is 0.240 e. The highest BCUT2D eigenvalue weighted by Gasteiger charge is 2.39. The molecule has 2 aromatic rings. The fraction of sp³-hybridized carbons (Fsp3) is 0.526. The molecule has 3 heterocycles. The lowest BCUT2D eigenvalue weighted by Crippen LogP contribution is -2.52. The zero-order valence-electron chi connectivity index (χ0n) is 15.6. The molecule has 0 radical (unpaired) electrons. The molecule has 2 atom stereocenters. The number of rotatable bonds is 4. The maximum atomic E-state index is 13.2. The van der Waals surface area contributed by atoms with E-state index in [1.165, 1.54) is 23.7 Å². The predicted molar refractivity (Wildman–Crippen MR) is 103 cm³/mol. The Morgan fingerprint density at radius 1 is 1.15 bits per heavy atom. The fourth-order valence-electron chi connectivity index (χ4n) is 3.97. The van der Waals surface area contributed by atoms with E-state index in [0.29, 0.717) is 0 Å². The van der Waals surface area contributed by atoms with E-state index in [0.717, 1.165) is 55.7 Å². The number of likely N-dealkylation sites (tertiary alicyclic amines) is 1. The van der Waals surface area contributed by atoms with E-state index < -0.39 is 0 Å². The van der Waals surface area contributed by atoms with Gasteiger partial charge < -0.3 is 9.80 Å². The van der Waals surface area contributed by atoms with Crippen LogP contribution in [0.4, 0.5) is 9.52 Å². The summed E-state index contributed by atoms with van der Waals surface area (Å²) in [5, 5.41) is 0.969. The molecule has 2 aliphatic heterocycles. The number of amides is 1.